The molecule has 1 aromatic rings. The van der Waals surface area contributed by atoms with E-state index in [2.05, 4.69) is 24.5 Å². The van der Waals surface area contributed by atoms with Gasteiger partial charge in [-0.2, -0.15) is 0 Å². The van der Waals surface area contributed by atoms with E-state index >= 15 is 0 Å². The first-order chi connectivity index (χ1) is 10.2. The predicted molar refractivity (Wildman–Crippen MR) is 88.7 cm³/mol. The first-order valence-electron chi connectivity index (χ1n) is 8.90. The molecule has 3 aliphatic carbocycles. The summed E-state index contributed by atoms with van der Waals surface area (Å²) in [5.41, 5.74) is 1.50. The van der Waals surface area contributed by atoms with Crippen LogP contribution in [-0.2, 0) is 5.54 Å². The maximum Gasteiger partial charge on any atom is 0.113 e. The molecular weight excluding hydrogens is 276 g/mol. The lowest BCUT2D eigenvalue weighted by atomic mass is 9.74. The largest absolute Gasteiger partial charge is 0.303 e. The van der Waals surface area contributed by atoms with Crippen LogP contribution >= 0.6 is 11.3 Å². The number of thiazole rings is 1. The van der Waals surface area contributed by atoms with E-state index in [0.29, 0.717) is 5.92 Å². The average molecular weight is 305 g/mol. The molecule has 0 spiro atoms. The number of aromatic nitrogens is 1. The van der Waals surface area contributed by atoms with E-state index in [1.165, 1.54) is 62.1 Å². The highest BCUT2D eigenvalue weighted by Crippen LogP contribution is 2.51. The standard InChI is InChI=1S/C18H28N2S/c1-12(2)16-11-21-17(19-16)18(20-15-7-8-15)9-3-4-14(10-18)13-5-6-13/h11-15,20H,3-10H2,1-2H3. The molecule has 0 radical (unpaired) electrons. The van der Waals surface area contributed by atoms with Crippen molar-refractivity contribution in [2.45, 2.75) is 82.7 Å². The van der Waals surface area contributed by atoms with Gasteiger partial charge < -0.3 is 5.32 Å². The Kier molecular flexibility index (Phi) is 3.61. The van der Waals surface area contributed by atoms with Crippen molar-refractivity contribution in [2.24, 2.45) is 11.8 Å². The van der Waals surface area contributed by atoms with E-state index in [-0.39, 0.29) is 5.54 Å². The summed E-state index contributed by atoms with van der Waals surface area (Å²) in [6, 6.07) is 0.773. The van der Waals surface area contributed by atoms with Gasteiger partial charge in [-0.15, -0.1) is 11.3 Å². The van der Waals surface area contributed by atoms with Crippen molar-refractivity contribution in [2.75, 3.05) is 0 Å². The monoisotopic (exact) mass is 304 g/mol. The Labute approximate surface area is 132 Å². The highest BCUT2D eigenvalue weighted by atomic mass is 32.1. The second kappa shape index (κ2) is 5.34. The van der Waals surface area contributed by atoms with Gasteiger partial charge in [0.05, 0.1) is 11.2 Å². The molecule has 1 aromatic heterocycles. The molecule has 0 amide bonds. The third-order valence-electron chi connectivity index (χ3n) is 5.66. The fraction of sp³-hybridized carbons (Fsp3) is 0.833. The number of nitrogens with zero attached hydrogens (tertiary/aromatic N) is 1. The Morgan fingerprint density at radius 1 is 1.19 bits per heavy atom. The van der Waals surface area contributed by atoms with Gasteiger partial charge in [-0.05, 0) is 56.3 Å². The average Bonchev–Trinajstić information content (AvgIpc) is 3.39. The van der Waals surface area contributed by atoms with Gasteiger partial charge in [0, 0.05) is 11.4 Å². The molecule has 0 aliphatic heterocycles. The summed E-state index contributed by atoms with van der Waals surface area (Å²) in [5, 5.41) is 7.73. The van der Waals surface area contributed by atoms with Crippen LogP contribution in [0.5, 0.6) is 0 Å². The van der Waals surface area contributed by atoms with Crippen molar-refractivity contribution in [1.29, 1.82) is 0 Å². The lowest BCUT2D eigenvalue weighted by Gasteiger charge is -2.41. The Bertz CT molecular complexity index is 501. The van der Waals surface area contributed by atoms with Crippen LogP contribution in [0.3, 0.4) is 0 Å². The third-order valence-corrected chi connectivity index (χ3v) is 6.72. The van der Waals surface area contributed by atoms with Crippen LogP contribution < -0.4 is 5.32 Å². The summed E-state index contributed by atoms with van der Waals surface area (Å²) in [6.45, 7) is 4.52. The number of hydrogen-bond acceptors (Lipinski definition) is 3. The Morgan fingerprint density at radius 2 is 2.00 bits per heavy atom. The van der Waals surface area contributed by atoms with Gasteiger partial charge >= 0.3 is 0 Å². The molecule has 2 atom stereocenters. The summed E-state index contributed by atoms with van der Waals surface area (Å²) in [7, 11) is 0. The molecule has 0 aromatic carbocycles. The fourth-order valence-corrected chi connectivity index (χ4v) is 5.25. The van der Waals surface area contributed by atoms with Crippen molar-refractivity contribution in [3.63, 3.8) is 0 Å². The molecule has 1 N–H and O–H groups in total. The van der Waals surface area contributed by atoms with Crippen molar-refractivity contribution >= 4 is 11.3 Å². The van der Waals surface area contributed by atoms with Crippen molar-refractivity contribution < 1.29 is 0 Å². The molecule has 3 fully saturated rings. The second-order valence-electron chi connectivity index (χ2n) is 7.93. The molecule has 3 saturated carbocycles. The van der Waals surface area contributed by atoms with Gasteiger partial charge in [-0.3, -0.25) is 0 Å². The van der Waals surface area contributed by atoms with Crippen LogP contribution in [0.15, 0.2) is 5.38 Å². The van der Waals surface area contributed by atoms with E-state index in [9.17, 15) is 0 Å². The van der Waals surface area contributed by atoms with E-state index in [1.807, 2.05) is 11.3 Å². The summed E-state index contributed by atoms with van der Waals surface area (Å²) >= 11 is 1.91. The molecular formula is C18H28N2S. The predicted octanol–water partition coefficient (Wildman–Crippen LogP) is 4.81. The smallest absolute Gasteiger partial charge is 0.113 e. The maximum absolute atomic E-state index is 5.06. The van der Waals surface area contributed by atoms with Crippen molar-refractivity contribution in [3.8, 4) is 0 Å². The number of hydrogen-bond donors (Lipinski definition) is 1. The minimum absolute atomic E-state index is 0.213. The zero-order valence-corrected chi connectivity index (χ0v) is 14.2. The van der Waals surface area contributed by atoms with E-state index in [0.717, 1.165) is 17.9 Å². The summed E-state index contributed by atoms with van der Waals surface area (Å²) in [5.74, 6) is 2.54. The summed E-state index contributed by atoms with van der Waals surface area (Å²) < 4.78 is 0. The molecule has 0 saturated heterocycles. The molecule has 1 heterocycles. The summed E-state index contributed by atoms with van der Waals surface area (Å²) in [6.07, 6.45) is 11.2. The second-order valence-corrected chi connectivity index (χ2v) is 8.78. The van der Waals surface area contributed by atoms with E-state index in [4.69, 9.17) is 4.98 Å². The fourth-order valence-electron chi connectivity index (χ4n) is 4.06. The highest BCUT2D eigenvalue weighted by molar-refractivity contribution is 7.09. The van der Waals surface area contributed by atoms with Gasteiger partial charge in [0.2, 0.25) is 0 Å². The normalized spacial score (nSPS) is 33.6. The Balaban J connectivity index is 1.61. The van der Waals surface area contributed by atoms with Crippen LogP contribution in [-0.4, -0.2) is 11.0 Å². The Morgan fingerprint density at radius 3 is 2.62 bits per heavy atom. The van der Waals surface area contributed by atoms with E-state index < -0.39 is 0 Å². The molecule has 0 bridgehead atoms. The van der Waals surface area contributed by atoms with Gasteiger partial charge in [0.15, 0.2) is 0 Å². The van der Waals surface area contributed by atoms with Crippen LogP contribution in [0.2, 0.25) is 0 Å². The first-order valence-corrected chi connectivity index (χ1v) is 9.78. The van der Waals surface area contributed by atoms with Gasteiger partial charge in [0.25, 0.3) is 0 Å². The van der Waals surface area contributed by atoms with Crippen molar-refractivity contribution in [1.82, 2.24) is 10.3 Å². The number of rotatable bonds is 5. The molecule has 3 aliphatic rings. The minimum atomic E-state index is 0.213. The molecule has 116 valence electrons. The summed E-state index contributed by atoms with van der Waals surface area (Å²) in [4.78, 5) is 5.06. The molecule has 21 heavy (non-hydrogen) atoms. The quantitative estimate of drug-likeness (QED) is 0.844. The SMILES string of the molecule is CC(C)c1csc(C2(NC3CC3)CCCC(C3CC3)C2)n1. The number of nitrogens with one attached hydrogen (secondary N) is 1. The molecule has 2 unspecified atom stereocenters. The Hall–Kier alpha value is -0.410. The highest BCUT2D eigenvalue weighted by Gasteiger charge is 2.46. The maximum atomic E-state index is 5.06. The topological polar surface area (TPSA) is 24.9 Å². The lowest BCUT2D eigenvalue weighted by Crippen LogP contribution is -2.47. The van der Waals surface area contributed by atoms with Crippen LogP contribution in [0, 0.1) is 11.8 Å². The van der Waals surface area contributed by atoms with Gasteiger partial charge in [0.1, 0.15) is 5.01 Å². The lowest BCUT2D eigenvalue weighted by molar-refractivity contribution is 0.161. The molecule has 3 heteroatoms. The van der Waals surface area contributed by atoms with Gasteiger partial charge in [-0.25, -0.2) is 4.98 Å². The van der Waals surface area contributed by atoms with Gasteiger partial charge in [-0.1, -0.05) is 26.7 Å². The van der Waals surface area contributed by atoms with Crippen LogP contribution in [0.4, 0.5) is 0 Å². The van der Waals surface area contributed by atoms with Crippen LogP contribution in [0.1, 0.15) is 81.8 Å². The zero-order valence-electron chi connectivity index (χ0n) is 13.4. The zero-order chi connectivity index (χ0) is 14.4. The van der Waals surface area contributed by atoms with Crippen molar-refractivity contribution in [3.05, 3.63) is 16.1 Å². The molecule has 4 rings (SSSR count). The molecule has 2 nitrogen and oxygen atoms in total. The van der Waals surface area contributed by atoms with Crippen LogP contribution in [0.25, 0.3) is 0 Å². The third kappa shape index (κ3) is 2.92. The first kappa shape index (κ1) is 14.2. The minimum Gasteiger partial charge on any atom is -0.303 e. The van der Waals surface area contributed by atoms with E-state index in [1.54, 1.807) is 0 Å².